The molecule has 0 saturated carbocycles. The molecule has 1 aromatic rings. The molecule has 2 unspecified atom stereocenters. The number of nitrogens with zero attached hydrogens (tertiary/aromatic N) is 2. The van der Waals surface area contributed by atoms with Gasteiger partial charge >= 0.3 is 5.97 Å². The van der Waals surface area contributed by atoms with Crippen molar-refractivity contribution in [2.75, 3.05) is 13.1 Å². The summed E-state index contributed by atoms with van der Waals surface area (Å²) in [5, 5.41) is 3.01. The number of hydrogen-bond acceptors (Lipinski definition) is 6. The van der Waals surface area contributed by atoms with Gasteiger partial charge in [-0.15, -0.1) is 0 Å². The summed E-state index contributed by atoms with van der Waals surface area (Å²) in [6, 6.07) is -0.294. The first kappa shape index (κ1) is 22.4. The molecule has 2 rings (SSSR count). The van der Waals surface area contributed by atoms with Gasteiger partial charge < -0.3 is 14.5 Å². The molecule has 1 aromatic heterocycles. The number of amides is 1. The molecular weight excluding hydrogens is 358 g/mol. The van der Waals surface area contributed by atoms with E-state index in [4.69, 9.17) is 9.15 Å². The highest BCUT2D eigenvalue weighted by Crippen LogP contribution is 2.33. The minimum absolute atomic E-state index is 0.0311. The highest BCUT2D eigenvalue weighted by atomic mass is 16.6. The molecule has 4 atom stereocenters. The van der Waals surface area contributed by atoms with Gasteiger partial charge in [0.1, 0.15) is 17.9 Å². The van der Waals surface area contributed by atoms with Crippen LogP contribution in [-0.4, -0.2) is 52.5 Å². The average Bonchev–Trinajstić information content (AvgIpc) is 3.21. The van der Waals surface area contributed by atoms with Gasteiger partial charge in [0.25, 0.3) is 0 Å². The Morgan fingerprint density at radius 3 is 2.68 bits per heavy atom. The number of oxazole rings is 1. The standard InChI is InChI=1S/C21H35N3O4/c1-7-8-16(14(2)23-15(3)25)12-24-13-17(19-22-9-10-27-19)11-18(24)20(26)28-21(4,5)6/h9-10,14,16-18H,7-8,11-13H2,1-6H3,(H,23,25)/t14?,16?,17-,18-/m1/s1. The number of rotatable bonds is 8. The lowest BCUT2D eigenvalue weighted by molar-refractivity contribution is -0.160. The van der Waals surface area contributed by atoms with Crippen LogP contribution in [0.1, 0.15) is 72.6 Å². The Morgan fingerprint density at radius 2 is 2.14 bits per heavy atom. The zero-order valence-electron chi connectivity index (χ0n) is 18.0. The van der Waals surface area contributed by atoms with Gasteiger partial charge in [0.15, 0.2) is 5.89 Å². The van der Waals surface area contributed by atoms with Gasteiger partial charge in [0, 0.05) is 26.1 Å². The molecule has 1 aliphatic rings. The van der Waals surface area contributed by atoms with Gasteiger partial charge in [-0.05, 0) is 46.5 Å². The Kier molecular flexibility index (Phi) is 7.63. The normalized spacial score (nSPS) is 22.6. The lowest BCUT2D eigenvalue weighted by atomic mass is 9.95. The fourth-order valence-corrected chi connectivity index (χ4v) is 3.95. The average molecular weight is 394 g/mol. The van der Waals surface area contributed by atoms with Crippen molar-refractivity contribution < 1.29 is 18.7 Å². The number of aromatic nitrogens is 1. The van der Waals surface area contributed by atoms with Crippen molar-refractivity contribution >= 4 is 11.9 Å². The maximum absolute atomic E-state index is 12.9. The molecule has 0 aliphatic carbocycles. The van der Waals surface area contributed by atoms with Crippen LogP contribution in [0.4, 0.5) is 0 Å². The Labute approximate surface area is 168 Å². The molecule has 7 heteroatoms. The van der Waals surface area contributed by atoms with Crippen LogP contribution in [0.5, 0.6) is 0 Å². The zero-order chi connectivity index (χ0) is 20.9. The quantitative estimate of drug-likeness (QED) is 0.683. The van der Waals surface area contributed by atoms with Crippen LogP contribution in [0.2, 0.25) is 0 Å². The number of hydrogen-bond donors (Lipinski definition) is 1. The van der Waals surface area contributed by atoms with Crippen molar-refractivity contribution in [1.82, 2.24) is 15.2 Å². The minimum atomic E-state index is -0.532. The zero-order valence-corrected chi connectivity index (χ0v) is 18.0. The van der Waals surface area contributed by atoms with Crippen molar-refractivity contribution in [2.45, 2.75) is 84.4 Å². The predicted octanol–water partition coefficient (Wildman–Crippen LogP) is 3.12. The molecule has 1 fully saturated rings. The number of carbonyl (C=O) groups is 2. The molecule has 0 spiro atoms. The molecule has 0 bridgehead atoms. The van der Waals surface area contributed by atoms with Crippen LogP contribution in [0.25, 0.3) is 0 Å². The van der Waals surface area contributed by atoms with E-state index < -0.39 is 5.60 Å². The highest BCUT2D eigenvalue weighted by molar-refractivity contribution is 5.77. The molecule has 28 heavy (non-hydrogen) atoms. The number of ether oxygens (including phenoxy) is 1. The van der Waals surface area contributed by atoms with E-state index in [9.17, 15) is 9.59 Å². The molecule has 1 amide bonds. The van der Waals surface area contributed by atoms with Crippen LogP contribution in [0.3, 0.4) is 0 Å². The highest BCUT2D eigenvalue weighted by Gasteiger charge is 2.42. The third-order valence-corrected chi connectivity index (χ3v) is 5.15. The third kappa shape index (κ3) is 6.33. The SMILES string of the molecule is CCCC(CN1C[C@H](c2ncco2)C[C@@H]1C(=O)OC(C)(C)C)C(C)NC(C)=O. The summed E-state index contributed by atoms with van der Waals surface area (Å²) in [5.74, 6) is 0.742. The topological polar surface area (TPSA) is 84.7 Å². The second-order valence-electron chi connectivity index (χ2n) is 8.84. The molecule has 1 saturated heterocycles. The Bertz CT molecular complexity index is 639. The lowest BCUT2D eigenvalue weighted by Gasteiger charge is -2.32. The number of likely N-dealkylation sites (tertiary alicyclic amines) is 1. The summed E-state index contributed by atoms with van der Waals surface area (Å²) in [7, 11) is 0. The van der Waals surface area contributed by atoms with Crippen LogP contribution in [-0.2, 0) is 14.3 Å². The number of esters is 1. The van der Waals surface area contributed by atoms with Gasteiger partial charge in [0.2, 0.25) is 5.91 Å². The van der Waals surface area contributed by atoms with Gasteiger partial charge in [-0.2, -0.15) is 0 Å². The number of nitrogens with one attached hydrogen (secondary N) is 1. The molecule has 1 aliphatic heterocycles. The summed E-state index contributed by atoms with van der Waals surface area (Å²) in [5.41, 5.74) is -0.532. The van der Waals surface area contributed by atoms with Gasteiger partial charge in [0.05, 0.1) is 12.1 Å². The van der Waals surface area contributed by atoms with Crippen molar-refractivity contribution in [3.8, 4) is 0 Å². The monoisotopic (exact) mass is 393 g/mol. The molecule has 158 valence electrons. The maximum atomic E-state index is 12.9. The molecule has 0 aromatic carbocycles. The van der Waals surface area contributed by atoms with Crippen molar-refractivity contribution in [2.24, 2.45) is 5.92 Å². The van der Waals surface area contributed by atoms with Gasteiger partial charge in [-0.3, -0.25) is 14.5 Å². The first-order valence-corrected chi connectivity index (χ1v) is 10.2. The van der Waals surface area contributed by atoms with E-state index in [0.29, 0.717) is 18.9 Å². The summed E-state index contributed by atoms with van der Waals surface area (Å²) in [4.78, 5) is 30.9. The van der Waals surface area contributed by atoms with Crippen molar-refractivity contribution in [3.05, 3.63) is 18.4 Å². The van der Waals surface area contributed by atoms with E-state index >= 15 is 0 Å². The van der Waals surface area contributed by atoms with E-state index in [-0.39, 0.29) is 35.8 Å². The Balaban J connectivity index is 2.17. The molecule has 0 radical (unpaired) electrons. The summed E-state index contributed by atoms with van der Waals surface area (Å²) in [6.45, 7) is 12.8. The molecule has 2 heterocycles. The lowest BCUT2D eigenvalue weighted by Crippen LogP contribution is -2.46. The molecule has 1 N–H and O–H groups in total. The van der Waals surface area contributed by atoms with E-state index in [1.165, 1.54) is 6.92 Å². The van der Waals surface area contributed by atoms with E-state index in [1.54, 1.807) is 12.5 Å². The Morgan fingerprint density at radius 1 is 1.43 bits per heavy atom. The molecular formula is C21H35N3O4. The van der Waals surface area contributed by atoms with Gasteiger partial charge in [-0.1, -0.05) is 13.3 Å². The van der Waals surface area contributed by atoms with E-state index in [0.717, 1.165) is 19.4 Å². The maximum Gasteiger partial charge on any atom is 0.323 e. The van der Waals surface area contributed by atoms with Crippen molar-refractivity contribution in [1.29, 1.82) is 0 Å². The van der Waals surface area contributed by atoms with E-state index in [2.05, 4.69) is 22.1 Å². The smallest absolute Gasteiger partial charge is 0.323 e. The van der Waals surface area contributed by atoms with Crippen LogP contribution < -0.4 is 5.32 Å². The molecule has 7 nitrogen and oxygen atoms in total. The van der Waals surface area contributed by atoms with Crippen molar-refractivity contribution in [3.63, 3.8) is 0 Å². The summed E-state index contributed by atoms with van der Waals surface area (Å²) in [6.07, 6.45) is 5.83. The van der Waals surface area contributed by atoms with Crippen LogP contribution >= 0.6 is 0 Å². The van der Waals surface area contributed by atoms with Crippen LogP contribution in [0.15, 0.2) is 16.9 Å². The first-order valence-electron chi connectivity index (χ1n) is 10.2. The first-order chi connectivity index (χ1) is 13.1. The second kappa shape index (κ2) is 9.54. The fourth-order valence-electron chi connectivity index (χ4n) is 3.95. The second-order valence-corrected chi connectivity index (χ2v) is 8.84. The predicted molar refractivity (Wildman–Crippen MR) is 107 cm³/mol. The fraction of sp³-hybridized carbons (Fsp3) is 0.762. The van der Waals surface area contributed by atoms with Gasteiger partial charge in [-0.25, -0.2) is 4.98 Å². The van der Waals surface area contributed by atoms with E-state index in [1.807, 2.05) is 27.7 Å². The van der Waals surface area contributed by atoms with Crippen LogP contribution in [0, 0.1) is 5.92 Å². The number of carbonyl (C=O) groups excluding carboxylic acids is 2. The minimum Gasteiger partial charge on any atom is -0.459 e. The Hall–Kier alpha value is -1.89. The largest absolute Gasteiger partial charge is 0.459 e. The summed E-state index contributed by atoms with van der Waals surface area (Å²) >= 11 is 0. The third-order valence-electron chi connectivity index (χ3n) is 5.15. The summed E-state index contributed by atoms with van der Waals surface area (Å²) < 4.78 is 11.2.